The highest BCUT2D eigenvalue weighted by molar-refractivity contribution is 7.16. The molecule has 0 unspecified atom stereocenters. The normalized spacial score (nSPS) is 14.9. The zero-order chi connectivity index (χ0) is 22.7. The van der Waals surface area contributed by atoms with Crippen molar-refractivity contribution in [1.29, 1.82) is 0 Å². The lowest BCUT2D eigenvalue weighted by Gasteiger charge is -2.17. The molecule has 1 aromatic carbocycles. The summed E-state index contributed by atoms with van der Waals surface area (Å²) in [4.78, 5) is 14.7. The van der Waals surface area contributed by atoms with E-state index in [4.69, 9.17) is 27.9 Å². The van der Waals surface area contributed by atoms with Crippen LogP contribution in [0.25, 0.3) is 22.3 Å². The van der Waals surface area contributed by atoms with Crippen molar-refractivity contribution in [1.82, 2.24) is 9.78 Å². The first-order valence-corrected chi connectivity index (χ1v) is 12.6. The fourth-order valence-corrected chi connectivity index (χ4v) is 5.63. The Morgan fingerprint density at radius 1 is 1.22 bits per heavy atom. The van der Waals surface area contributed by atoms with Crippen LogP contribution < -0.4 is 0 Å². The van der Waals surface area contributed by atoms with Crippen molar-refractivity contribution >= 4 is 46.6 Å². The molecule has 0 spiro atoms. The Morgan fingerprint density at radius 3 is 2.72 bits per heavy atom. The van der Waals surface area contributed by atoms with Gasteiger partial charge >= 0.3 is 5.97 Å². The number of esters is 1. The third kappa shape index (κ3) is 4.95. The second-order valence-electron chi connectivity index (χ2n) is 8.01. The zero-order valence-corrected chi connectivity index (χ0v) is 20.6. The summed E-state index contributed by atoms with van der Waals surface area (Å²) in [5, 5.41) is 5.60. The highest BCUT2D eigenvalue weighted by Gasteiger charge is 2.25. The summed E-state index contributed by atoms with van der Waals surface area (Å²) in [5.41, 5.74) is 2.55. The van der Waals surface area contributed by atoms with E-state index in [1.807, 2.05) is 13.0 Å². The van der Waals surface area contributed by atoms with Crippen LogP contribution in [0.1, 0.15) is 60.0 Å². The van der Waals surface area contributed by atoms with E-state index in [1.165, 1.54) is 37.0 Å². The van der Waals surface area contributed by atoms with Gasteiger partial charge in [0.2, 0.25) is 0 Å². The summed E-state index contributed by atoms with van der Waals surface area (Å²) in [7, 11) is 0. The van der Waals surface area contributed by atoms with Crippen LogP contribution in [0.2, 0.25) is 10.0 Å². The summed E-state index contributed by atoms with van der Waals surface area (Å²) in [6, 6.07) is 9.44. The molecule has 4 nitrogen and oxygen atoms in total. The van der Waals surface area contributed by atoms with Gasteiger partial charge in [-0.1, -0.05) is 48.5 Å². The number of aromatic nitrogens is 2. The van der Waals surface area contributed by atoms with Gasteiger partial charge in [0.1, 0.15) is 0 Å². The molecule has 1 aliphatic carbocycles. The highest BCUT2D eigenvalue weighted by Crippen LogP contribution is 2.37. The van der Waals surface area contributed by atoms with Crippen molar-refractivity contribution in [2.75, 3.05) is 6.61 Å². The molecule has 2 aromatic heterocycles. The fourth-order valence-electron chi connectivity index (χ4n) is 4.13. The van der Waals surface area contributed by atoms with Crippen LogP contribution in [0.5, 0.6) is 0 Å². The van der Waals surface area contributed by atoms with Crippen molar-refractivity contribution in [2.24, 2.45) is 5.92 Å². The molecule has 4 rings (SSSR count). The van der Waals surface area contributed by atoms with Crippen molar-refractivity contribution in [2.45, 2.75) is 46.0 Å². The lowest BCUT2D eigenvalue weighted by molar-refractivity contribution is 0.0518. The largest absolute Gasteiger partial charge is 0.461 e. The molecule has 1 fully saturated rings. The quantitative estimate of drug-likeness (QED) is 0.330. The first-order valence-electron chi connectivity index (χ1n) is 11.0. The third-order valence-electron chi connectivity index (χ3n) is 5.77. The lowest BCUT2D eigenvalue weighted by Crippen LogP contribution is -2.07. The number of thiophene rings is 1. The van der Waals surface area contributed by atoms with E-state index in [-0.39, 0.29) is 6.61 Å². The van der Waals surface area contributed by atoms with Crippen LogP contribution in [0, 0.1) is 12.8 Å². The molecule has 0 radical (unpaired) electrons. The number of rotatable bonds is 6. The van der Waals surface area contributed by atoms with Crippen LogP contribution in [0.4, 0.5) is 0 Å². The van der Waals surface area contributed by atoms with Crippen LogP contribution in [-0.4, -0.2) is 22.4 Å². The first kappa shape index (κ1) is 23.1. The monoisotopic (exact) mass is 488 g/mol. The smallest absolute Gasteiger partial charge is 0.359 e. The van der Waals surface area contributed by atoms with Crippen LogP contribution in [0.15, 0.2) is 36.4 Å². The van der Waals surface area contributed by atoms with Gasteiger partial charge < -0.3 is 4.74 Å². The van der Waals surface area contributed by atoms with E-state index in [0.29, 0.717) is 27.3 Å². The van der Waals surface area contributed by atoms with E-state index in [9.17, 15) is 4.79 Å². The third-order valence-corrected chi connectivity index (χ3v) is 7.37. The Balaban J connectivity index is 1.74. The Hall–Kier alpha value is -2.08. The molecule has 0 aliphatic heterocycles. The topological polar surface area (TPSA) is 44.1 Å². The van der Waals surface area contributed by atoms with Crippen LogP contribution in [-0.2, 0) is 4.74 Å². The van der Waals surface area contributed by atoms with Gasteiger partial charge in [0.15, 0.2) is 5.69 Å². The van der Waals surface area contributed by atoms with E-state index in [1.54, 1.807) is 35.1 Å². The molecule has 7 heteroatoms. The van der Waals surface area contributed by atoms with Gasteiger partial charge in [0.25, 0.3) is 0 Å². The molecule has 0 saturated heterocycles. The van der Waals surface area contributed by atoms with Gasteiger partial charge in [-0.2, -0.15) is 5.10 Å². The highest BCUT2D eigenvalue weighted by atomic mass is 35.5. The van der Waals surface area contributed by atoms with Gasteiger partial charge in [0, 0.05) is 15.5 Å². The second kappa shape index (κ2) is 10.2. The molecular formula is C25H26Cl2N2O2S. The van der Waals surface area contributed by atoms with Crippen LogP contribution in [0.3, 0.4) is 0 Å². The number of halogens is 2. The summed E-state index contributed by atoms with van der Waals surface area (Å²) in [6.07, 6.45) is 11.1. The molecular weight excluding hydrogens is 463 g/mol. The maximum atomic E-state index is 12.6. The molecule has 1 aliphatic rings. The zero-order valence-electron chi connectivity index (χ0n) is 18.2. The van der Waals surface area contributed by atoms with Crippen molar-refractivity contribution in [3.05, 3.63) is 62.6 Å². The Labute approximate surface area is 202 Å². The number of hydrogen-bond acceptors (Lipinski definition) is 4. The van der Waals surface area contributed by atoms with E-state index in [0.717, 1.165) is 16.1 Å². The van der Waals surface area contributed by atoms with E-state index in [2.05, 4.69) is 29.4 Å². The van der Waals surface area contributed by atoms with Gasteiger partial charge in [-0.05, 0) is 69.0 Å². The minimum absolute atomic E-state index is 0.289. The average Bonchev–Trinajstić information content (AvgIpc) is 3.37. The standard InChI is InChI=1S/C25H26Cl2N2O2S/c1-3-31-25(30)23-16(2)24(29(28-23)21-13-10-18(26)15-20(21)27)22-14-12-19(32-22)11-9-17-7-5-4-6-8-17/h9-15,17H,3-8H2,1-2H3/b11-9+. The van der Waals surface area contributed by atoms with Gasteiger partial charge in [-0.25, -0.2) is 9.48 Å². The number of carbonyl (C=O) groups excluding carboxylic acids is 1. The number of ether oxygens (including phenoxy) is 1. The fraction of sp³-hybridized carbons (Fsp3) is 0.360. The molecule has 3 aromatic rings. The summed E-state index contributed by atoms with van der Waals surface area (Å²) in [5.74, 6) is 0.230. The predicted molar refractivity (Wildman–Crippen MR) is 133 cm³/mol. The van der Waals surface area contributed by atoms with Gasteiger partial charge in [-0.3, -0.25) is 0 Å². The molecule has 2 heterocycles. The first-order chi connectivity index (χ1) is 15.5. The number of hydrogen-bond donors (Lipinski definition) is 0. The average molecular weight is 489 g/mol. The van der Waals surface area contributed by atoms with Crippen LogP contribution >= 0.6 is 34.5 Å². The minimum atomic E-state index is -0.441. The summed E-state index contributed by atoms with van der Waals surface area (Å²) < 4.78 is 6.96. The number of carbonyl (C=O) groups is 1. The summed E-state index contributed by atoms with van der Waals surface area (Å²) >= 11 is 14.3. The van der Waals surface area contributed by atoms with Crippen molar-refractivity contribution in [3.63, 3.8) is 0 Å². The lowest BCUT2D eigenvalue weighted by atomic mass is 9.89. The minimum Gasteiger partial charge on any atom is -0.461 e. The molecule has 0 atom stereocenters. The van der Waals surface area contributed by atoms with Crippen molar-refractivity contribution < 1.29 is 9.53 Å². The molecule has 32 heavy (non-hydrogen) atoms. The molecule has 1 saturated carbocycles. The molecule has 0 bridgehead atoms. The summed E-state index contributed by atoms with van der Waals surface area (Å²) in [6.45, 7) is 3.97. The maximum Gasteiger partial charge on any atom is 0.359 e. The Bertz CT molecular complexity index is 1140. The maximum absolute atomic E-state index is 12.6. The SMILES string of the molecule is CCOC(=O)c1nn(-c2ccc(Cl)cc2Cl)c(-c2ccc(/C=C/C3CCCCC3)s2)c1C. The molecule has 0 N–H and O–H groups in total. The van der Waals surface area contributed by atoms with E-state index < -0.39 is 5.97 Å². The Kier molecular flexibility index (Phi) is 7.39. The number of nitrogens with zero attached hydrogens (tertiary/aromatic N) is 2. The predicted octanol–water partition coefficient (Wildman–Crippen LogP) is 7.99. The van der Waals surface area contributed by atoms with Gasteiger partial charge in [0.05, 0.1) is 27.9 Å². The number of benzene rings is 1. The second-order valence-corrected chi connectivity index (χ2v) is 9.97. The Morgan fingerprint density at radius 2 is 2.00 bits per heavy atom. The number of allylic oxidation sites excluding steroid dienone is 1. The molecule has 168 valence electrons. The van der Waals surface area contributed by atoms with Crippen molar-refractivity contribution in [3.8, 4) is 16.3 Å². The van der Waals surface area contributed by atoms with Gasteiger partial charge in [-0.15, -0.1) is 11.3 Å². The van der Waals surface area contributed by atoms with E-state index >= 15 is 0 Å². The molecule has 0 amide bonds.